The van der Waals surface area contributed by atoms with Crippen molar-refractivity contribution < 1.29 is 4.74 Å². The molecule has 0 radical (unpaired) electrons. The fourth-order valence-electron chi connectivity index (χ4n) is 1.47. The van der Waals surface area contributed by atoms with Gasteiger partial charge in [0.25, 0.3) is 0 Å². The minimum atomic E-state index is 0.167. The molecule has 5 nitrogen and oxygen atoms in total. The number of hydrogen-bond acceptors (Lipinski definition) is 5. The Hall–Kier alpha value is -1.10. The van der Waals surface area contributed by atoms with Crippen LogP contribution in [0, 0.1) is 0 Å². The van der Waals surface area contributed by atoms with Crippen LogP contribution in [0.25, 0.3) is 0 Å². The van der Waals surface area contributed by atoms with E-state index in [1.54, 1.807) is 0 Å². The normalized spacial score (nSPS) is 10.7. The molecule has 0 unspecified atom stereocenters. The number of aromatic nitrogens is 3. The SMILES string of the molecule is CCCN(c1nc(Cl)nc(OCC)n1)C(C)C. The van der Waals surface area contributed by atoms with Crippen molar-refractivity contribution in [2.45, 2.75) is 40.2 Å². The highest BCUT2D eigenvalue weighted by Gasteiger charge is 2.15. The molecule has 6 heteroatoms. The Bertz CT molecular complexity index is 359. The molecule has 0 aliphatic heterocycles. The van der Waals surface area contributed by atoms with Gasteiger partial charge in [-0.3, -0.25) is 0 Å². The summed E-state index contributed by atoms with van der Waals surface area (Å²) < 4.78 is 5.26. The van der Waals surface area contributed by atoms with Gasteiger partial charge in [-0.1, -0.05) is 6.92 Å². The van der Waals surface area contributed by atoms with E-state index >= 15 is 0 Å². The summed E-state index contributed by atoms with van der Waals surface area (Å²) in [6.45, 7) is 9.56. The number of nitrogens with zero attached hydrogens (tertiary/aromatic N) is 4. The Kier molecular flexibility index (Phi) is 5.41. The summed E-state index contributed by atoms with van der Waals surface area (Å²) in [7, 11) is 0. The number of anilines is 1. The van der Waals surface area contributed by atoms with E-state index in [0.29, 0.717) is 18.6 Å². The molecular formula is C11H19ClN4O. The molecule has 1 rings (SSSR count). The van der Waals surface area contributed by atoms with Gasteiger partial charge in [0.1, 0.15) is 0 Å². The number of rotatable bonds is 6. The molecule has 0 bridgehead atoms. The zero-order valence-corrected chi connectivity index (χ0v) is 11.5. The molecule has 1 aromatic heterocycles. The maximum absolute atomic E-state index is 5.87. The summed E-state index contributed by atoms with van der Waals surface area (Å²) in [5.74, 6) is 0.574. The average molecular weight is 259 g/mol. The van der Waals surface area contributed by atoms with Gasteiger partial charge in [-0.05, 0) is 38.8 Å². The molecule has 0 amide bonds. The van der Waals surface area contributed by atoms with Crippen molar-refractivity contribution in [1.82, 2.24) is 15.0 Å². The van der Waals surface area contributed by atoms with Crippen LogP contribution >= 0.6 is 11.6 Å². The average Bonchev–Trinajstić information content (AvgIpc) is 2.25. The molecule has 0 aliphatic rings. The van der Waals surface area contributed by atoms with Gasteiger partial charge in [-0.15, -0.1) is 0 Å². The highest BCUT2D eigenvalue weighted by atomic mass is 35.5. The van der Waals surface area contributed by atoms with Crippen molar-refractivity contribution in [3.05, 3.63) is 5.28 Å². The second kappa shape index (κ2) is 6.59. The third-order valence-corrected chi connectivity index (χ3v) is 2.36. The lowest BCUT2D eigenvalue weighted by atomic mass is 10.3. The van der Waals surface area contributed by atoms with Crippen molar-refractivity contribution in [2.75, 3.05) is 18.1 Å². The molecule has 0 aromatic carbocycles. The van der Waals surface area contributed by atoms with Crippen LogP contribution < -0.4 is 9.64 Å². The van der Waals surface area contributed by atoms with Gasteiger partial charge in [0, 0.05) is 12.6 Å². The van der Waals surface area contributed by atoms with Crippen molar-refractivity contribution >= 4 is 17.5 Å². The fraction of sp³-hybridized carbons (Fsp3) is 0.727. The molecule has 0 spiro atoms. The van der Waals surface area contributed by atoms with E-state index in [1.807, 2.05) is 6.92 Å². The van der Waals surface area contributed by atoms with Crippen LogP contribution in [0.5, 0.6) is 6.01 Å². The lowest BCUT2D eigenvalue weighted by Gasteiger charge is -2.26. The molecular weight excluding hydrogens is 240 g/mol. The molecule has 1 heterocycles. The fourth-order valence-corrected chi connectivity index (χ4v) is 1.62. The standard InChI is InChI=1S/C11H19ClN4O/c1-5-7-16(8(3)4)10-13-9(12)14-11(15-10)17-6-2/h8H,5-7H2,1-4H3. The molecule has 0 N–H and O–H groups in total. The summed E-state index contributed by atoms with van der Waals surface area (Å²) in [5.41, 5.74) is 0. The third-order valence-electron chi connectivity index (χ3n) is 2.19. The van der Waals surface area contributed by atoms with Crippen LogP contribution in [-0.4, -0.2) is 34.1 Å². The molecule has 96 valence electrons. The van der Waals surface area contributed by atoms with E-state index in [2.05, 4.69) is 40.6 Å². The largest absolute Gasteiger partial charge is 0.464 e. The highest BCUT2D eigenvalue weighted by Crippen LogP contribution is 2.17. The first kappa shape index (κ1) is 14.0. The second-order valence-electron chi connectivity index (χ2n) is 3.91. The smallest absolute Gasteiger partial charge is 0.322 e. The number of ether oxygens (including phenoxy) is 1. The van der Waals surface area contributed by atoms with Crippen molar-refractivity contribution in [3.8, 4) is 6.01 Å². The Balaban J connectivity index is 3.00. The van der Waals surface area contributed by atoms with Gasteiger partial charge in [0.05, 0.1) is 6.61 Å². The number of hydrogen-bond donors (Lipinski definition) is 0. The predicted octanol–water partition coefficient (Wildman–Crippen LogP) is 2.55. The van der Waals surface area contributed by atoms with E-state index < -0.39 is 0 Å². The molecule has 0 fully saturated rings. The van der Waals surface area contributed by atoms with E-state index in [-0.39, 0.29) is 11.3 Å². The summed E-state index contributed by atoms with van der Waals surface area (Å²) >= 11 is 5.87. The zero-order chi connectivity index (χ0) is 12.8. The molecule has 0 aliphatic carbocycles. The maximum atomic E-state index is 5.87. The van der Waals surface area contributed by atoms with E-state index in [4.69, 9.17) is 16.3 Å². The first-order valence-corrected chi connectivity index (χ1v) is 6.27. The first-order chi connectivity index (χ1) is 8.08. The van der Waals surface area contributed by atoms with E-state index in [0.717, 1.165) is 13.0 Å². The molecule has 0 saturated carbocycles. The topological polar surface area (TPSA) is 51.1 Å². The number of halogens is 1. The van der Waals surface area contributed by atoms with Crippen LogP contribution in [0.4, 0.5) is 5.95 Å². The van der Waals surface area contributed by atoms with Gasteiger partial charge in [-0.25, -0.2) is 0 Å². The summed E-state index contributed by atoms with van der Waals surface area (Å²) in [5, 5.41) is 0.167. The quantitative estimate of drug-likeness (QED) is 0.785. The van der Waals surface area contributed by atoms with E-state index in [1.165, 1.54) is 0 Å². The van der Waals surface area contributed by atoms with Crippen molar-refractivity contribution in [3.63, 3.8) is 0 Å². The van der Waals surface area contributed by atoms with Crippen LogP contribution in [0.2, 0.25) is 5.28 Å². The van der Waals surface area contributed by atoms with Gasteiger partial charge in [0.15, 0.2) is 0 Å². The molecule has 17 heavy (non-hydrogen) atoms. The van der Waals surface area contributed by atoms with Crippen LogP contribution in [0.3, 0.4) is 0 Å². The maximum Gasteiger partial charge on any atom is 0.322 e. The van der Waals surface area contributed by atoms with Crippen molar-refractivity contribution in [2.24, 2.45) is 0 Å². The van der Waals surface area contributed by atoms with Gasteiger partial charge in [0.2, 0.25) is 11.2 Å². The minimum absolute atomic E-state index is 0.167. The molecule has 0 saturated heterocycles. The Morgan fingerprint density at radius 2 is 1.94 bits per heavy atom. The second-order valence-corrected chi connectivity index (χ2v) is 4.25. The zero-order valence-electron chi connectivity index (χ0n) is 10.8. The summed E-state index contributed by atoms with van der Waals surface area (Å²) in [6.07, 6.45) is 1.02. The molecule has 0 atom stereocenters. The molecule has 1 aromatic rings. The Morgan fingerprint density at radius 3 is 2.47 bits per heavy atom. The summed E-state index contributed by atoms with van der Waals surface area (Å²) in [6, 6.07) is 0.590. The Labute approximate surface area is 107 Å². The first-order valence-electron chi connectivity index (χ1n) is 5.89. The lowest BCUT2D eigenvalue weighted by molar-refractivity contribution is 0.311. The lowest BCUT2D eigenvalue weighted by Crippen LogP contribution is -2.33. The van der Waals surface area contributed by atoms with Crippen molar-refractivity contribution in [1.29, 1.82) is 0 Å². The predicted molar refractivity (Wildman–Crippen MR) is 68.8 cm³/mol. The summed E-state index contributed by atoms with van der Waals surface area (Å²) in [4.78, 5) is 14.4. The van der Waals surface area contributed by atoms with Gasteiger partial charge < -0.3 is 9.64 Å². The van der Waals surface area contributed by atoms with Crippen LogP contribution in [0.1, 0.15) is 34.1 Å². The van der Waals surface area contributed by atoms with E-state index in [9.17, 15) is 0 Å². The van der Waals surface area contributed by atoms with Gasteiger partial charge >= 0.3 is 6.01 Å². The van der Waals surface area contributed by atoms with Gasteiger partial charge in [-0.2, -0.15) is 15.0 Å². The van der Waals surface area contributed by atoms with Crippen LogP contribution in [-0.2, 0) is 0 Å². The monoisotopic (exact) mass is 258 g/mol. The minimum Gasteiger partial charge on any atom is -0.464 e. The third kappa shape index (κ3) is 4.00. The highest BCUT2D eigenvalue weighted by molar-refractivity contribution is 6.28. The van der Waals surface area contributed by atoms with Crippen LogP contribution in [0.15, 0.2) is 0 Å². The Morgan fingerprint density at radius 1 is 1.24 bits per heavy atom.